The number of carbonyl (C=O) groups is 3. The Kier molecular flexibility index (Phi) is 11.6. The van der Waals surface area contributed by atoms with Crippen LogP contribution >= 0.6 is 0 Å². The van der Waals surface area contributed by atoms with E-state index in [2.05, 4.69) is 10.6 Å². The van der Waals surface area contributed by atoms with Crippen LogP contribution in [-0.4, -0.2) is 42.1 Å². The molecule has 7 nitrogen and oxygen atoms in total. The van der Waals surface area contributed by atoms with Crippen LogP contribution in [0, 0.1) is 0 Å². The van der Waals surface area contributed by atoms with Crippen molar-refractivity contribution < 1.29 is 55.2 Å². The van der Waals surface area contributed by atoms with Crippen molar-refractivity contribution in [2.75, 3.05) is 13.2 Å². The monoisotopic (exact) mass is 358 g/mol. The molecule has 1 rings (SSSR count). The van der Waals surface area contributed by atoms with Gasteiger partial charge in [0.1, 0.15) is 12.6 Å². The van der Waals surface area contributed by atoms with Gasteiger partial charge in [0.05, 0.1) is 6.61 Å². The van der Waals surface area contributed by atoms with Crippen LogP contribution in [0.15, 0.2) is 42.1 Å². The predicted molar refractivity (Wildman–Crippen MR) is 89.2 cm³/mol. The third kappa shape index (κ3) is 9.91. The average molecular weight is 358 g/mol. The van der Waals surface area contributed by atoms with Crippen molar-refractivity contribution >= 4 is 17.8 Å². The second kappa shape index (κ2) is 12.5. The minimum atomic E-state index is -1.02. The van der Waals surface area contributed by atoms with Gasteiger partial charge in [-0.1, -0.05) is 30.3 Å². The van der Waals surface area contributed by atoms with E-state index in [0.29, 0.717) is 5.70 Å². The number of hydrogen-bond acceptors (Lipinski definition) is 5. The summed E-state index contributed by atoms with van der Waals surface area (Å²) in [4.78, 5) is 34.2. The molecule has 0 aliphatic carbocycles. The Balaban J connectivity index is 0. The quantitative estimate of drug-likeness (QED) is 0.267. The van der Waals surface area contributed by atoms with Crippen LogP contribution in [0.4, 0.5) is 0 Å². The number of carbonyl (C=O) groups excluding carboxylic acids is 2. The van der Waals surface area contributed by atoms with E-state index in [1.807, 2.05) is 30.3 Å². The van der Waals surface area contributed by atoms with Gasteiger partial charge in [0, 0.05) is 18.2 Å². The van der Waals surface area contributed by atoms with E-state index in [-0.39, 0.29) is 50.6 Å². The minimum absolute atomic E-state index is 0. The van der Waals surface area contributed by atoms with Crippen molar-refractivity contribution in [1.82, 2.24) is 10.6 Å². The summed E-state index contributed by atoms with van der Waals surface area (Å²) in [5, 5.41) is 14.5. The number of amides is 1. The Labute approximate surface area is 170 Å². The van der Waals surface area contributed by atoms with Gasteiger partial charge in [0.2, 0.25) is 5.91 Å². The van der Waals surface area contributed by atoms with Crippen molar-refractivity contribution in [1.29, 1.82) is 0 Å². The molecule has 3 N–H and O–H groups in total. The number of aliphatic carboxylic acids is 1. The maximum Gasteiger partial charge on any atom is 1.00 e. The Bertz CT molecular complexity index is 610. The van der Waals surface area contributed by atoms with Crippen LogP contribution in [0.25, 0.3) is 0 Å². The molecule has 1 aromatic carbocycles. The molecule has 0 aliphatic rings. The molecule has 0 bridgehead atoms. The molecule has 132 valence electrons. The molecule has 8 heteroatoms. The van der Waals surface area contributed by atoms with Crippen molar-refractivity contribution in [3.05, 3.63) is 47.7 Å². The molecule has 1 aromatic rings. The van der Waals surface area contributed by atoms with Crippen LogP contribution in [0.5, 0.6) is 0 Å². The molecule has 0 saturated heterocycles. The SMILES string of the molecule is CCOC(=O)CNC(=O)C=C(C)N[C@@H](Cc1ccccc1)C(=O)O.[H-].[Na+]. The number of benzene rings is 1. The van der Waals surface area contributed by atoms with Gasteiger partial charge >= 0.3 is 41.5 Å². The van der Waals surface area contributed by atoms with E-state index in [1.165, 1.54) is 6.08 Å². The van der Waals surface area contributed by atoms with Crippen molar-refractivity contribution in [2.45, 2.75) is 26.3 Å². The molecule has 0 saturated carbocycles. The smallest absolute Gasteiger partial charge is 1.00 e. The van der Waals surface area contributed by atoms with Crippen molar-refractivity contribution in [3.63, 3.8) is 0 Å². The first-order valence-corrected chi connectivity index (χ1v) is 7.57. The Morgan fingerprint density at radius 1 is 1.28 bits per heavy atom. The zero-order chi connectivity index (χ0) is 17.9. The van der Waals surface area contributed by atoms with E-state index in [4.69, 9.17) is 4.74 Å². The predicted octanol–water partition coefficient (Wildman–Crippen LogP) is -2.03. The summed E-state index contributed by atoms with van der Waals surface area (Å²) in [6.07, 6.45) is 1.49. The number of allylic oxidation sites excluding steroid dienone is 1. The fourth-order valence-corrected chi connectivity index (χ4v) is 1.99. The number of hydrogen-bond donors (Lipinski definition) is 3. The Morgan fingerprint density at radius 3 is 2.48 bits per heavy atom. The van der Waals surface area contributed by atoms with Gasteiger partial charge in [-0.05, 0) is 19.4 Å². The number of ether oxygens (including phenoxy) is 1. The molecular formula is C17H23N2NaO5. The van der Waals surface area contributed by atoms with Gasteiger partial charge in [-0.2, -0.15) is 0 Å². The molecule has 0 aromatic heterocycles. The Morgan fingerprint density at radius 2 is 1.92 bits per heavy atom. The van der Waals surface area contributed by atoms with E-state index in [9.17, 15) is 19.5 Å². The van der Waals surface area contributed by atoms with Gasteiger partial charge in [0.15, 0.2) is 0 Å². The summed E-state index contributed by atoms with van der Waals surface area (Å²) in [6, 6.07) is 8.33. The molecule has 0 aliphatic heterocycles. The molecule has 25 heavy (non-hydrogen) atoms. The molecule has 0 spiro atoms. The van der Waals surface area contributed by atoms with E-state index < -0.39 is 23.9 Å². The van der Waals surface area contributed by atoms with Gasteiger partial charge in [-0.25, -0.2) is 4.79 Å². The number of carboxylic acid groups (broad SMARTS) is 1. The molecule has 0 unspecified atom stereocenters. The number of nitrogens with one attached hydrogen (secondary N) is 2. The molecule has 0 fully saturated rings. The zero-order valence-electron chi connectivity index (χ0n) is 15.7. The van der Waals surface area contributed by atoms with Gasteiger partial charge in [-0.15, -0.1) is 0 Å². The van der Waals surface area contributed by atoms with Gasteiger partial charge in [0.25, 0.3) is 0 Å². The minimum Gasteiger partial charge on any atom is -1.00 e. The van der Waals surface area contributed by atoms with Crippen LogP contribution in [0.2, 0.25) is 0 Å². The van der Waals surface area contributed by atoms with E-state index >= 15 is 0 Å². The summed E-state index contributed by atoms with van der Waals surface area (Å²) in [6.45, 7) is 3.27. The van der Waals surface area contributed by atoms with Crippen LogP contribution < -0.4 is 40.2 Å². The molecule has 0 heterocycles. The largest absolute Gasteiger partial charge is 1.00 e. The van der Waals surface area contributed by atoms with E-state index in [1.54, 1.807) is 13.8 Å². The number of rotatable bonds is 9. The normalized spacial score (nSPS) is 11.7. The van der Waals surface area contributed by atoms with Crippen molar-refractivity contribution in [3.8, 4) is 0 Å². The van der Waals surface area contributed by atoms with Gasteiger partial charge in [-0.3, -0.25) is 9.59 Å². The molecule has 0 radical (unpaired) electrons. The molecular weight excluding hydrogens is 335 g/mol. The summed E-state index contributed by atoms with van der Waals surface area (Å²) < 4.78 is 4.69. The second-order valence-electron chi connectivity index (χ2n) is 5.08. The topological polar surface area (TPSA) is 105 Å². The standard InChI is InChI=1S/C17H22N2O5.Na.H/c1-3-24-16(21)11-18-15(20)9-12(2)19-14(17(22)23)10-13-7-5-4-6-8-13;;/h4-9,14,19H,3,10-11H2,1-2H3,(H,18,20)(H,22,23);;/q;+1;-1/t14-;;/m0../s1. The molecule has 1 amide bonds. The third-order valence-electron chi connectivity index (χ3n) is 3.04. The maximum absolute atomic E-state index is 11.7. The fraction of sp³-hybridized carbons (Fsp3) is 0.353. The third-order valence-corrected chi connectivity index (χ3v) is 3.04. The summed E-state index contributed by atoms with van der Waals surface area (Å²) in [5.41, 5.74) is 1.26. The fourth-order valence-electron chi connectivity index (χ4n) is 1.99. The van der Waals surface area contributed by atoms with Crippen LogP contribution in [0.3, 0.4) is 0 Å². The zero-order valence-corrected chi connectivity index (χ0v) is 16.7. The number of esters is 1. The van der Waals surface area contributed by atoms with E-state index in [0.717, 1.165) is 5.56 Å². The van der Waals surface area contributed by atoms with Crippen LogP contribution in [0.1, 0.15) is 20.8 Å². The maximum atomic E-state index is 11.7. The average Bonchev–Trinajstić information content (AvgIpc) is 2.53. The summed E-state index contributed by atoms with van der Waals surface area (Å²) >= 11 is 0. The summed E-state index contributed by atoms with van der Waals surface area (Å²) in [7, 11) is 0. The van der Waals surface area contributed by atoms with Crippen LogP contribution in [-0.2, 0) is 25.5 Å². The van der Waals surface area contributed by atoms with Gasteiger partial charge < -0.3 is 21.9 Å². The second-order valence-corrected chi connectivity index (χ2v) is 5.08. The first kappa shape index (κ1) is 23.2. The van der Waals surface area contributed by atoms with Crippen molar-refractivity contribution in [2.24, 2.45) is 0 Å². The summed E-state index contributed by atoms with van der Waals surface area (Å²) in [5.74, 6) is -2.05. The number of carboxylic acids is 1. The molecule has 1 atom stereocenters. The first-order valence-electron chi connectivity index (χ1n) is 7.57. The Hall–Kier alpha value is -1.83. The first-order chi connectivity index (χ1) is 11.4.